The number of carbonyl (C=O) groups is 1. The number of hydrogen-bond donors (Lipinski definition) is 2. The van der Waals surface area contributed by atoms with Crippen LogP contribution in [0.2, 0.25) is 5.02 Å². The van der Waals surface area contributed by atoms with E-state index >= 15 is 0 Å². The molecule has 2 aliphatic rings. The standard InChI is InChI=1S/C21H32ClN3O3S/c22-18-8-10-20(11-9-18)29(27,28)25-14-12-17(13-15-25)16-23-21(26)24-19-6-4-2-1-3-5-7-19/h8-11,17,19H,1-7,12-16H2,(H2,23,24,26). The number of piperidine rings is 1. The van der Waals surface area contributed by atoms with Gasteiger partial charge in [0.2, 0.25) is 10.0 Å². The smallest absolute Gasteiger partial charge is 0.315 e. The Labute approximate surface area is 179 Å². The van der Waals surface area contributed by atoms with Crippen molar-refractivity contribution < 1.29 is 13.2 Å². The maximum absolute atomic E-state index is 12.7. The molecule has 1 aromatic rings. The molecule has 1 saturated carbocycles. The predicted octanol–water partition coefficient (Wildman–Crippen LogP) is 4.15. The number of hydrogen-bond acceptors (Lipinski definition) is 3. The summed E-state index contributed by atoms with van der Waals surface area (Å²) in [4.78, 5) is 12.5. The van der Waals surface area contributed by atoms with E-state index in [4.69, 9.17) is 11.6 Å². The van der Waals surface area contributed by atoms with E-state index in [1.165, 1.54) is 36.4 Å². The van der Waals surface area contributed by atoms with E-state index in [1.807, 2.05) is 0 Å². The first-order valence-corrected chi connectivity index (χ1v) is 12.6. The maximum atomic E-state index is 12.7. The highest BCUT2D eigenvalue weighted by Crippen LogP contribution is 2.24. The molecule has 29 heavy (non-hydrogen) atoms. The number of carbonyl (C=O) groups excluding carboxylic acids is 1. The summed E-state index contributed by atoms with van der Waals surface area (Å²) in [5, 5.41) is 6.63. The minimum absolute atomic E-state index is 0.0909. The van der Waals surface area contributed by atoms with E-state index in [0.29, 0.717) is 30.6 Å². The molecule has 2 fully saturated rings. The first kappa shape index (κ1) is 22.4. The molecule has 0 spiro atoms. The Morgan fingerprint density at radius 3 is 2.17 bits per heavy atom. The fourth-order valence-electron chi connectivity index (χ4n) is 4.18. The SMILES string of the molecule is O=C(NCC1CCN(S(=O)(=O)c2ccc(Cl)cc2)CC1)NC1CCCCCCC1. The molecule has 1 aliphatic carbocycles. The van der Waals surface area contributed by atoms with Crippen LogP contribution in [0.15, 0.2) is 29.2 Å². The summed E-state index contributed by atoms with van der Waals surface area (Å²) in [5.41, 5.74) is 0. The zero-order chi connectivity index (χ0) is 20.7. The van der Waals surface area contributed by atoms with E-state index in [2.05, 4.69) is 10.6 Å². The highest BCUT2D eigenvalue weighted by atomic mass is 35.5. The minimum atomic E-state index is -3.48. The van der Waals surface area contributed by atoms with Crippen molar-refractivity contribution in [3.8, 4) is 0 Å². The lowest BCUT2D eigenvalue weighted by Crippen LogP contribution is -2.46. The lowest BCUT2D eigenvalue weighted by atomic mass is 9.97. The topological polar surface area (TPSA) is 78.5 Å². The largest absolute Gasteiger partial charge is 0.338 e. The molecule has 0 unspecified atom stereocenters. The molecular formula is C21H32ClN3O3S. The summed E-state index contributed by atoms with van der Waals surface area (Å²) >= 11 is 5.86. The zero-order valence-corrected chi connectivity index (χ0v) is 18.5. The van der Waals surface area contributed by atoms with Gasteiger partial charge in [-0.05, 0) is 55.9 Å². The second-order valence-corrected chi connectivity index (χ2v) is 10.6. The third-order valence-corrected chi connectivity index (χ3v) is 8.18. The average Bonchev–Trinajstić information content (AvgIpc) is 2.69. The van der Waals surface area contributed by atoms with Gasteiger partial charge in [-0.15, -0.1) is 0 Å². The molecule has 6 nitrogen and oxygen atoms in total. The Bertz CT molecular complexity index is 754. The van der Waals surface area contributed by atoms with Crippen LogP contribution in [0, 0.1) is 5.92 Å². The lowest BCUT2D eigenvalue weighted by Gasteiger charge is -2.31. The van der Waals surface area contributed by atoms with Gasteiger partial charge in [0.1, 0.15) is 0 Å². The average molecular weight is 442 g/mol. The van der Waals surface area contributed by atoms with Gasteiger partial charge in [-0.2, -0.15) is 4.31 Å². The molecule has 2 amide bonds. The molecule has 162 valence electrons. The van der Waals surface area contributed by atoms with Crippen LogP contribution in [-0.2, 0) is 10.0 Å². The number of halogens is 1. The molecule has 0 aromatic heterocycles. The van der Waals surface area contributed by atoms with E-state index in [0.717, 1.165) is 25.7 Å². The van der Waals surface area contributed by atoms with Gasteiger partial charge < -0.3 is 10.6 Å². The Balaban J connectivity index is 1.41. The van der Waals surface area contributed by atoms with Crippen molar-refractivity contribution in [2.24, 2.45) is 5.92 Å². The summed E-state index contributed by atoms with van der Waals surface area (Å²) in [5.74, 6) is 0.301. The molecule has 0 bridgehead atoms. The van der Waals surface area contributed by atoms with Crippen molar-refractivity contribution in [3.63, 3.8) is 0 Å². The van der Waals surface area contributed by atoms with Crippen molar-refractivity contribution >= 4 is 27.7 Å². The van der Waals surface area contributed by atoms with Crippen LogP contribution in [0.25, 0.3) is 0 Å². The van der Waals surface area contributed by atoms with Gasteiger partial charge >= 0.3 is 6.03 Å². The van der Waals surface area contributed by atoms with Crippen LogP contribution < -0.4 is 10.6 Å². The molecule has 8 heteroatoms. The van der Waals surface area contributed by atoms with Crippen LogP contribution in [0.1, 0.15) is 57.8 Å². The van der Waals surface area contributed by atoms with Gasteiger partial charge in [0.05, 0.1) is 4.90 Å². The molecule has 1 aliphatic heterocycles. The molecule has 0 radical (unpaired) electrons. The molecule has 2 N–H and O–H groups in total. The van der Waals surface area contributed by atoms with Gasteiger partial charge in [0.15, 0.2) is 0 Å². The monoisotopic (exact) mass is 441 g/mol. The van der Waals surface area contributed by atoms with Crippen molar-refractivity contribution in [2.45, 2.75) is 68.7 Å². The van der Waals surface area contributed by atoms with Crippen LogP contribution in [0.4, 0.5) is 4.79 Å². The Morgan fingerprint density at radius 1 is 0.966 bits per heavy atom. The minimum Gasteiger partial charge on any atom is -0.338 e. The first-order chi connectivity index (χ1) is 13.9. The second kappa shape index (κ2) is 10.6. The molecule has 1 saturated heterocycles. The number of benzene rings is 1. The molecule has 1 aromatic carbocycles. The third kappa shape index (κ3) is 6.59. The van der Waals surface area contributed by atoms with Crippen molar-refractivity contribution in [1.29, 1.82) is 0 Å². The summed E-state index contributed by atoms with van der Waals surface area (Å²) in [6.07, 6.45) is 9.83. The first-order valence-electron chi connectivity index (χ1n) is 10.8. The van der Waals surface area contributed by atoms with Crippen LogP contribution in [0.5, 0.6) is 0 Å². The van der Waals surface area contributed by atoms with E-state index in [1.54, 1.807) is 24.3 Å². The number of nitrogens with one attached hydrogen (secondary N) is 2. The Morgan fingerprint density at radius 2 is 1.55 bits per heavy atom. The van der Waals surface area contributed by atoms with Crippen molar-refractivity contribution in [2.75, 3.05) is 19.6 Å². The number of nitrogens with zero attached hydrogens (tertiary/aromatic N) is 1. The van der Waals surface area contributed by atoms with Gasteiger partial charge in [-0.1, -0.05) is 43.7 Å². The Kier molecular flexibility index (Phi) is 8.21. The van der Waals surface area contributed by atoms with Gasteiger partial charge in [-0.25, -0.2) is 13.2 Å². The fraction of sp³-hybridized carbons (Fsp3) is 0.667. The summed E-state index contributed by atoms with van der Waals surface area (Å²) in [7, 11) is -3.48. The maximum Gasteiger partial charge on any atom is 0.315 e. The molecule has 3 rings (SSSR count). The highest BCUT2D eigenvalue weighted by Gasteiger charge is 2.29. The summed E-state index contributed by atoms with van der Waals surface area (Å²) in [6.45, 7) is 1.54. The van der Waals surface area contributed by atoms with E-state index < -0.39 is 10.0 Å². The number of rotatable bonds is 5. The highest BCUT2D eigenvalue weighted by molar-refractivity contribution is 7.89. The third-order valence-electron chi connectivity index (χ3n) is 6.02. The molecular weight excluding hydrogens is 410 g/mol. The quantitative estimate of drug-likeness (QED) is 0.720. The lowest BCUT2D eigenvalue weighted by molar-refractivity contribution is 0.225. The molecule has 1 heterocycles. The van der Waals surface area contributed by atoms with Gasteiger partial charge in [-0.3, -0.25) is 0 Å². The van der Waals surface area contributed by atoms with E-state index in [9.17, 15) is 13.2 Å². The summed E-state index contributed by atoms with van der Waals surface area (Å²) < 4.78 is 27.0. The number of amides is 2. The Hall–Kier alpha value is -1.31. The van der Waals surface area contributed by atoms with Crippen LogP contribution in [-0.4, -0.2) is 44.4 Å². The normalized spacial score (nSPS) is 20.6. The number of sulfonamides is 1. The van der Waals surface area contributed by atoms with Crippen LogP contribution >= 0.6 is 11.6 Å². The van der Waals surface area contributed by atoms with Crippen molar-refractivity contribution in [1.82, 2.24) is 14.9 Å². The fourth-order valence-corrected chi connectivity index (χ4v) is 5.78. The molecule has 0 atom stereocenters. The van der Waals surface area contributed by atoms with Gasteiger partial charge in [0, 0.05) is 30.7 Å². The predicted molar refractivity (Wildman–Crippen MR) is 116 cm³/mol. The second-order valence-electron chi connectivity index (χ2n) is 8.20. The summed E-state index contributed by atoms with van der Waals surface area (Å²) in [6, 6.07) is 6.48. The van der Waals surface area contributed by atoms with Crippen LogP contribution in [0.3, 0.4) is 0 Å². The number of urea groups is 1. The van der Waals surface area contributed by atoms with E-state index in [-0.39, 0.29) is 17.0 Å². The zero-order valence-electron chi connectivity index (χ0n) is 16.9. The van der Waals surface area contributed by atoms with Crippen molar-refractivity contribution in [3.05, 3.63) is 29.3 Å². The van der Waals surface area contributed by atoms with Gasteiger partial charge in [0.25, 0.3) is 0 Å².